The van der Waals surface area contributed by atoms with Crippen LogP contribution in [0, 0.1) is 0 Å². The summed E-state index contributed by atoms with van der Waals surface area (Å²) >= 11 is 6.12. The Kier molecular flexibility index (Phi) is 11.3. The van der Waals surface area contributed by atoms with Crippen molar-refractivity contribution < 1.29 is 27.5 Å². The number of carbonyl (C=O) groups is 2. The van der Waals surface area contributed by atoms with E-state index in [-0.39, 0.29) is 30.3 Å². The largest absolute Gasteiger partial charge is 0.486 e. The lowest BCUT2D eigenvalue weighted by atomic mass is 10.0. The van der Waals surface area contributed by atoms with Crippen molar-refractivity contribution in [3.05, 3.63) is 88.9 Å². The first-order chi connectivity index (χ1) is 20.7. The summed E-state index contributed by atoms with van der Waals surface area (Å²) in [6.45, 7) is 4.33. The third-order valence-corrected chi connectivity index (χ3v) is 9.15. The molecule has 0 fully saturated rings. The molecule has 230 valence electrons. The Hall–Kier alpha value is -3.76. The van der Waals surface area contributed by atoms with Crippen molar-refractivity contribution in [2.45, 2.75) is 45.7 Å². The number of unbranched alkanes of at least 4 members (excludes halogenated alkanes) is 1. The maximum absolute atomic E-state index is 14.3. The quantitative estimate of drug-likeness (QED) is 0.257. The molecule has 4 rings (SSSR count). The molecule has 11 heteroatoms. The van der Waals surface area contributed by atoms with Crippen molar-refractivity contribution in [1.29, 1.82) is 0 Å². The second kappa shape index (κ2) is 15.1. The fourth-order valence-corrected chi connectivity index (χ4v) is 5.93. The Morgan fingerprint density at radius 1 is 0.930 bits per heavy atom. The Balaban J connectivity index is 1.72. The summed E-state index contributed by atoms with van der Waals surface area (Å²) in [7, 11) is -3.90. The number of nitrogens with zero attached hydrogens (tertiary/aromatic N) is 2. The fraction of sp³-hybridized carbons (Fsp3) is 0.375. The topological polar surface area (TPSA) is 105 Å². The average molecular weight is 628 g/mol. The minimum Gasteiger partial charge on any atom is -0.486 e. The number of amides is 2. The highest BCUT2D eigenvalue weighted by Crippen LogP contribution is 2.35. The Morgan fingerprint density at radius 2 is 1.63 bits per heavy atom. The van der Waals surface area contributed by atoms with Crippen molar-refractivity contribution >= 4 is 39.1 Å². The monoisotopic (exact) mass is 627 g/mol. The molecule has 9 nitrogen and oxygen atoms in total. The predicted molar refractivity (Wildman–Crippen MR) is 168 cm³/mol. The highest BCUT2D eigenvalue weighted by atomic mass is 35.5. The van der Waals surface area contributed by atoms with Gasteiger partial charge >= 0.3 is 0 Å². The lowest BCUT2D eigenvalue weighted by Gasteiger charge is -2.34. The van der Waals surface area contributed by atoms with Gasteiger partial charge in [0.25, 0.3) is 0 Å². The number of benzene rings is 3. The van der Waals surface area contributed by atoms with Gasteiger partial charge in [0.05, 0.1) is 11.4 Å². The Bertz CT molecular complexity index is 1480. The molecular weight excluding hydrogens is 590 g/mol. The first-order valence-electron chi connectivity index (χ1n) is 14.5. The number of carbonyl (C=O) groups excluding carboxylic acids is 2. The van der Waals surface area contributed by atoms with Crippen molar-refractivity contribution in [3.63, 3.8) is 0 Å². The zero-order valence-electron chi connectivity index (χ0n) is 24.5. The van der Waals surface area contributed by atoms with Crippen LogP contribution in [-0.2, 0) is 32.6 Å². The van der Waals surface area contributed by atoms with E-state index in [2.05, 4.69) is 5.32 Å². The van der Waals surface area contributed by atoms with Crippen molar-refractivity contribution in [3.8, 4) is 11.5 Å². The zero-order valence-corrected chi connectivity index (χ0v) is 26.1. The molecule has 0 bridgehead atoms. The molecule has 1 aliphatic heterocycles. The summed E-state index contributed by atoms with van der Waals surface area (Å²) in [6, 6.07) is 20.4. The van der Waals surface area contributed by atoms with Gasteiger partial charge in [-0.1, -0.05) is 67.4 Å². The van der Waals surface area contributed by atoms with Crippen LogP contribution >= 0.6 is 11.6 Å². The van der Waals surface area contributed by atoms with Gasteiger partial charge in [0, 0.05) is 30.6 Å². The maximum Gasteiger partial charge on any atom is 0.244 e. The second-order valence-electron chi connectivity index (χ2n) is 10.2. The fourth-order valence-electron chi connectivity index (χ4n) is 4.75. The van der Waals surface area contributed by atoms with Crippen LogP contribution < -0.4 is 19.1 Å². The van der Waals surface area contributed by atoms with E-state index in [1.165, 1.54) is 11.8 Å². The summed E-state index contributed by atoms with van der Waals surface area (Å²) < 4.78 is 39.1. The van der Waals surface area contributed by atoms with Gasteiger partial charge in [-0.15, -0.1) is 0 Å². The minimum atomic E-state index is -3.90. The number of ether oxygens (including phenoxy) is 2. The van der Waals surface area contributed by atoms with Crippen LogP contribution in [0.3, 0.4) is 0 Å². The molecule has 1 atom stereocenters. The number of hydrogen-bond acceptors (Lipinski definition) is 6. The number of nitrogens with one attached hydrogen (secondary N) is 1. The molecule has 3 aromatic rings. The van der Waals surface area contributed by atoms with Crippen LogP contribution in [0.25, 0.3) is 0 Å². The summed E-state index contributed by atoms with van der Waals surface area (Å²) in [5, 5.41) is 3.52. The van der Waals surface area contributed by atoms with Gasteiger partial charge in [0.15, 0.2) is 11.5 Å². The van der Waals surface area contributed by atoms with E-state index in [0.29, 0.717) is 36.3 Å². The molecule has 1 N–H and O–H groups in total. The Labute approximate surface area is 258 Å². The highest BCUT2D eigenvalue weighted by Gasteiger charge is 2.34. The molecule has 0 aromatic heterocycles. The van der Waals surface area contributed by atoms with E-state index in [0.717, 1.165) is 28.3 Å². The van der Waals surface area contributed by atoms with E-state index < -0.39 is 28.5 Å². The zero-order chi connectivity index (χ0) is 30.8. The van der Waals surface area contributed by atoms with Gasteiger partial charge < -0.3 is 19.7 Å². The summed E-state index contributed by atoms with van der Waals surface area (Å²) in [5.74, 6) is -0.136. The summed E-state index contributed by atoms with van der Waals surface area (Å²) in [4.78, 5) is 29.4. The van der Waals surface area contributed by atoms with E-state index in [4.69, 9.17) is 21.1 Å². The molecule has 0 aliphatic carbocycles. The molecule has 1 heterocycles. The normalized spacial score (nSPS) is 13.2. The number of anilines is 1. The lowest BCUT2D eigenvalue weighted by molar-refractivity contribution is -0.140. The number of rotatable bonds is 14. The molecule has 3 aromatic carbocycles. The summed E-state index contributed by atoms with van der Waals surface area (Å²) in [6.07, 6.45) is 1.95. The standard InChI is InChI=1S/C32H38ClN3O6S/c1-3-5-17-34-32(38)28(20-24-9-7-6-8-10-24)35(22-25-11-13-26(33)14-12-25)31(37)23-36(43(39,40)4-2)27-15-16-29-30(21-27)42-19-18-41-29/h6-16,21,28H,3-5,17-20,22-23H2,1-2H3,(H,34,38). The third kappa shape index (κ3) is 8.64. The van der Waals surface area contributed by atoms with Gasteiger partial charge in [-0.05, 0) is 48.7 Å². The molecule has 0 spiro atoms. The molecule has 1 aliphatic rings. The maximum atomic E-state index is 14.3. The van der Waals surface area contributed by atoms with Gasteiger partial charge in [-0.2, -0.15) is 0 Å². The number of fused-ring (bicyclic) bond motifs is 1. The third-order valence-electron chi connectivity index (χ3n) is 7.16. The first kappa shape index (κ1) is 32.2. The molecule has 0 radical (unpaired) electrons. The molecule has 0 saturated carbocycles. The predicted octanol–water partition coefficient (Wildman–Crippen LogP) is 4.82. The van der Waals surface area contributed by atoms with Gasteiger partial charge in [-0.3, -0.25) is 13.9 Å². The van der Waals surface area contributed by atoms with Crippen LogP contribution in [0.2, 0.25) is 5.02 Å². The number of sulfonamides is 1. The summed E-state index contributed by atoms with van der Waals surface area (Å²) in [5.41, 5.74) is 1.90. The van der Waals surface area contributed by atoms with E-state index in [1.54, 1.807) is 42.5 Å². The van der Waals surface area contributed by atoms with E-state index in [9.17, 15) is 18.0 Å². The number of hydrogen-bond donors (Lipinski definition) is 1. The van der Waals surface area contributed by atoms with Crippen LogP contribution in [0.1, 0.15) is 37.8 Å². The molecular formula is C32H38ClN3O6S. The minimum absolute atomic E-state index is 0.0792. The van der Waals surface area contributed by atoms with E-state index >= 15 is 0 Å². The van der Waals surface area contributed by atoms with Crippen molar-refractivity contribution in [2.75, 3.05) is 36.4 Å². The molecule has 1 unspecified atom stereocenters. The molecule has 2 amide bonds. The highest BCUT2D eigenvalue weighted by molar-refractivity contribution is 7.92. The number of halogens is 1. The van der Waals surface area contributed by atoms with Crippen molar-refractivity contribution in [1.82, 2.24) is 10.2 Å². The average Bonchev–Trinajstić information content (AvgIpc) is 3.02. The molecule has 0 saturated heterocycles. The van der Waals surface area contributed by atoms with E-state index in [1.807, 2.05) is 37.3 Å². The lowest BCUT2D eigenvalue weighted by Crippen LogP contribution is -2.53. The second-order valence-corrected chi connectivity index (χ2v) is 12.9. The smallest absolute Gasteiger partial charge is 0.244 e. The van der Waals surface area contributed by atoms with Crippen LogP contribution in [0.4, 0.5) is 5.69 Å². The van der Waals surface area contributed by atoms with Crippen molar-refractivity contribution in [2.24, 2.45) is 0 Å². The van der Waals surface area contributed by atoms with Gasteiger partial charge in [0.2, 0.25) is 21.8 Å². The Morgan fingerprint density at radius 3 is 2.30 bits per heavy atom. The van der Waals surface area contributed by atoms with Gasteiger partial charge in [-0.25, -0.2) is 8.42 Å². The van der Waals surface area contributed by atoms with Gasteiger partial charge in [0.1, 0.15) is 25.8 Å². The van der Waals surface area contributed by atoms with Crippen LogP contribution in [0.5, 0.6) is 11.5 Å². The van der Waals surface area contributed by atoms with Crippen LogP contribution in [-0.4, -0.2) is 63.2 Å². The first-order valence-corrected chi connectivity index (χ1v) is 16.5. The molecule has 43 heavy (non-hydrogen) atoms. The van der Waals surface area contributed by atoms with Crippen LogP contribution in [0.15, 0.2) is 72.8 Å². The SMILES string of the molecule is CCCCNC(=O)C(Cc1ccccc1)N(Cc1ccc(Cl)cc1)C(=O)CN(c1ccc2c(c1)OCCO2)S(=O)(=O)CC.